The van der Waals surface area contributed by atoms with E-state index in [9.17, 15) is 4.39 Å². The normalized spacial score (nSPS) is 11.1. The first-order chi connectivity index (χ1) is 14.0. The molecule has 0 amide bonds. The summed E-state index contributed by atoms with van der Waals surface area (Å²) in [5, 5.41) is 0. The van der Waals surface area contributed by atoms with Gasteiger partial charge in [0.15, 0.2) is 5.82 Å². The second-order valence-corrected chi connectivity index (χ2v) is 8.03. The number of nitrogens with zero attached hydrogens (tertiary/aromatic N) is 2. The molecule has 0 spiro atoms. The van der Waals surface area contributed by atoms with Gasteiger partial charge in [0, 0.05) is 18.0 Å². The molecule has 0 unspecified atom stereocenters. The lowest BCUT2D eigenvalue weighted by Crippen LogP contribution is -1.97. The molecule has 0 aliphatic heterocycles. The fraction of sp³-hybridized carbons (Fsp3) is 0.385. The molecule has 1 heterocycles. The van der Waals surface area contributed by atoms with Crippen LogP contribution in [0.15, 0.2) is 42.7 Å². The van der Waals surface area contributed by atoms with Crippen molar-refractivity contribution in [1.82, 2.24) is 9.97 Å². The lowest BCUT2D eigenvalue weighted by Gasteiger charge is -2.10. The summed E-state index contributed by atoms with van der Waals surface area (Å²) < 4.78 is 14.6. The van der Waals surface area contributed by atoms with Gasteiger partial charge in [-0.3, -0.25) is 0 Å². The van der Waals surface area contributed by atoms with Crippen molar-refractivity contribution in [1.29, 1.82) is 0 Å². The molecular weight excluding hydrogens is 359 g/mol. The Kier molecular flexibility index (Phi) is 7.13. The van der Waals surface area contributed by atoms with Crippen molar-refractivity contribution in [3.05, 3.63) is 81.9 Å². The minimum Gasteiger partial charge on any atom is -0.236 e. The van der Waals surface area contributed by atoms with Crippen LogP contribution in [0.2, 0.25) is 0 Å². The number of benzene rings is 2. The molecular formula is C26H31FN2. The van der Waals surface area contributed by atoms with Crippen LogP contribution in [0, 0.1) is 26.6 Å². The van der Waals surface area contributed by atoms with Gasteiger partial charge in [0.2, 0.25) is 0 Å². The minimum absolute atomic E-state index is 0.161. The third-order valence-corrected chi connectivity index (χ3v) is 5.70. The first-order valence-corrected chi connectivity index (χ1v) is 10.6. The van der Waals surface area contributed by atoms with Crippen LogP contribution in [0.4, 0.5) is 4.39 Å². The molecule has 152 valence electrons. The van der Waals surface area contributed by atoms with Crippen LogP contribution < -0.4 is 0 Å². The zero-order valence-electron chi connectivity index (χ0n) is 18.1. The molecule has 0 saturated carbocycles. The van der Waals surface area contributed by atoms with Crippen LogP contribution in [0.25, 0.3) is 11.4 Å². The van der Waals surface area contributed by atoms with Crippen molar-refractivity contribution in [2.75, 3.05) is 0 Å². The van der Waals surface area contributed by atoms with Crippen LogP contribution in [0.1, 0.15) is 59.6 Å². The Labute approximate surface area is 174 Å². The van der Waals surface area contributed by atoms with Gasteiger partial charge in [-0.2, -0.15) is 0 Å². The van der Waals surface area contributed by atoms with E-state index in [0.717, 1.165) is 55.2 Å². The van der Waals surface area contributed by atoms with Gasteiger partial charge in [-0.1, -0.05) is 37.6 Å². The zero-order valence-corrected chi connectivity index (χ0v) is 18.1. The van der Waals surface area contributed by atoms with Crippen LogP contribution in [-0.4, -0.2) is 9.97 Å². The highest BCUT2D eigenvalue weighted by molar-refractivity contribution is 5.55. The summed E-state index contributed by atoms with van der Waals surface area (Å²) in [6, 6.07) is 9.94. The number of hydrogen-bond acceptors (Lipinski definition) is 2. The number of halogens is 1. The van der Waals surface area contributed by atoms with Gasteiger partial charge in [0.1, 0.15) is 5.82 Å². The molecule has 3 aromatic rings. The van der Waals surface area contributed by atoms with E-state index in [4.69, 9.17) is 0 Å². The predicted octanol–water partition coefficient (Wildman–Crippen LogP) is 6.73. The van der Waals surface area contributed by atoms with Crippen molar-refractivity contribution in [2.24, 2.45) is 0 Å². The monoisotopic (exact) mass is 390 g/mol. The molecule has 0 N–H and O–H groups in total. The van der Waals surface area contributed by atoms with Crippen molar-refractivity contribution in [3.8, 4) is 11.4 Å². The van der Waals surface area contributed by atoms with E-state index in [1.54, 1.807) is 6.07 Å². The summed E-state index contributed by atoms with van der Waals surface area (Å²) in [6.45, 7) is 8.64. The molecule has 0 bridgehead atoms. The van der Waals surface area contributed by atoms with Gasteiger partial charge in [0.05, 0.1) is 0 Å². The lowest BCUT2D eigenvalue weighted by molar-refractivity contribution is 0.600. The molecule has 1 aromatic heterocycles. The number of unbranched alkanes of at least 4 members (excludes halogenated alkanes) is 1. The van der Waals surface area contributed by atoms with Gasteiger partial charge in [-0.15, -0.1) is 0 Å². The second-order valence-electron chi connectivity index (χ2n) is 8.03. The highest BCUT2D eigenvalue weighted by atomic mass is 19.1. The van der Waals surface area contributed by atoms with Crippen molar-refractivity contribution >= 4 is 0 Å². The van der Waals surface area contributed by atoms with Gasteiger partial charge in [-0.25, -0.2) is 14.4 Å². The topological polar surface area (TPSA) is 25.8 Å². The van der Waals surface area contributed by atoms with Crippen LogP contribution in [0.3, 0.4) is 0 Å². The summed E-state index contributed by atoms with van der Waals surface area (Å²) in [6.07, 6.45) is 9.55. The van der Waals surface area contributed by atoms with E-state index in [-0.39, 0.29) is 5.82 Å². The van der Waals surface area contributed by atoms with E-state index in [2.05, 4.69) is 49.8 Å². The molecule has 29 heavy (non-hydrogen) atoms. The molecule has 2 nitrogen and oxygen atoms in total. The number of aromatic nitrogens is 2. The van der Waals surface area contributed by atoms with Gasteiger partial charge in [-0.05, 0) is 92.3 Å². The average Bonchev–Trinajstić information content (AvgIpc) is 2.71. The minimum atomic E-state index is -0.161. The molecule has 0 fully saturated rings. The van der Waals surface area contributed by atoms with E-state index >= 15 is 0 Å². The zero-order chi connectivity index (χ0) is 20.8. The van der Waals surface area contributed by atoms with E-state index in [0.29, 0.717) is 5.82 Å². The molecule has 3 heteroatoms. The number of rotatable bonds is 8. The summed E-state index contributed by atoms with van der Waals surface area (Å²) in [4.78, 5) is 8.78. The molecule has 0 saturated heterocycles. The fourth-order valence-corrected chi connectivity index (χ4v) is 3.73. The Hall–Kier alpha value is -2.55. The Bertz CT molecular complexity index is 938. The third kappa shape index (κ3) is 5.50. The van der Waals surface area contributed by atoms with Crippen LogP contribution >= 0.6 is 0 Å². The van der Waals surface area contributed by atoms with Crippen LogP contribution in [0.5, 0.6) is 0 Å². The quantitative estimate of drug-likeness (QED) is 0.399. The van der Waals surface area contributed by atoms with Gasteiger partial charge < -0.3 is 0 Å². The van der Waals surface area contributed by atoms with Crippen LogP contribution in [-0.2, 0) is 19.3 Å². The summed E-state index contributed by atoms with van der Waals surface area (Å²) >= 11 is 0. The largest absolute Gasteiger partial charge is 0.236 e. The molecule has 3 rings (SSSR count). The Morgan fingerprint density at radius 3 is 2.07 bits per heavy atom. The van der Waals surface area contributed by atoms with Crippen molar-refractivity contribution < 1.29 is 4.39 Å². The lowest BCUT2D eigenvalue weighted by atomic mass is 9.97. The van der Waals surface area contributed by atoms with E-state index < -0.39 is 0 Å². The molecule has 0 aliphatic carbocycles. The summed E-state index contributed by atoms with van der Waals surface area (Å²) in [5.41, 5.74) is 8.09. The Morgan fingerprint density at radius 2 is 1.45 bits per heavy atom. The Morgan fingerprint density at radius 1 is 0.793 bits per heavy atom. The van der Waals surface area contributed by atoms with E-state index in [1.165, 1.54) is 22.3 Å². The maximum atomic E-state index is 14.6. The van der Waals surface area contributed by atoms with Gasteiger partial charge in [0.25, 0.3) is 0 Å². The fourth-order valence-electron chi connectivity index (χ4n) is 3.73. The van der Waals surface area contributed by atoms with Gasteiger partial charge >= 0.3 is 0 Å². The summed E-state index contributed by atoms with van der Waals surface area (Å²) in [7, 11) is 0. The number of aryl methyl sites for hydroxylation is 5. The maximum absolute atomic E-state index is 14.6. The predicted molar refractivity (Wildman–Crippen MR) is 119 cm³/mol. The highest BCUT2D eigenvalue weighted by Crippen LogP contribution is 2.21. The smallest absolute Gasteiger partial charge is 0.159 e. The number of hydrogen-bond donors (Lipinski definition) is 0. The van der Waals surface area contributed by atoms with E-state index in [1.807, 2.05) is 24.5 Å². The second kappa shape index (κ2) is 9.78. The molecule has 2 aromatic carbocycles. The first-order valence-electron chi connectivity index (χ1n) is 10.6. The first kappa shape index (κ1) is 21.2. The van der Waals surface area contributed by atoms with Crippen molar-refractivity contribution in [3.63, 3.8) is 0 Å². The van der Waals surface area contributed by atoms with Crippen molar-refractivity contribution in [2.45, 2.75) is 66.2 Å². The molecule has 0 atom stereocenters. The third-order valence-electron chi connectivity index (χ3n) is 5.70. The summed E-state index contributed by atoms with van der Waals surface area (Å²) in [5.74, 6) is 0.422. The Balaban J connectivity index is 1.57. The average molecular weight is 391 g/mol. The molecule has 0 aliphatic rings. The highest BCUT2D eigenvalue weighted by Gasteiger charge is 2.08. The standard InChI is InChI=1S/C26H31FN2/c1-5-8-22-16-28-26(29-17-22)24-12-11-23(25(27)15-24)10-7-6-9-21-13-18(2)20(4)19(3)14-21/h11-17H,5-10H2,1-4H3. The molecule has 0 radical (unpaired) electrons. The maximum Gasteiger partial charge on any atom is 0.159 e. The SMILES string of the molecule is CCCc1cnc(-c2ccc(CCCCc3cc(C)c(C)c(C)c3)c(F)c2)nc1.